The zero-order valence-corrected chi connectivity index (χ0v) is 12.5. The number of amides is 1. The van der Waals surface area contributed by atoms with E-state index >= 15 is 0 Å². The summed E-state index contributed by atoms with van der Waals surface area (Å²) in [7, 11) is 0. The number of carbonyl (C=O) groups is 1. The lowest BCUT2D eigenvalue weighted by Crippen LogP contribution is -2.33. The Bertz CT molecular complexity index is 705. The summed E-state index contributed by atoms with van der Waals surface area (Å²) in [5, 5.41) is 3.31. The number of alkyl halides is 3. The standard InChI is InChI=1S/C15H14F3N3O3/c16-15(17,18)14-19-12(20-24-14)10-2-4-11(5-3-10)13(22)21-6-1-8-23-9-7-21/h2-5H,1,6-9H2. The summed E-state index contributed by atoms with van der Waals surface area (Å²) in [5.74, 6) is -1.72. The quantitative estimate of drug-likeness (QED) is 0.840. The van der Waals surface area contributed by atoms with Crippen LogP contribution in [0.1, 0.15) is 22.7 Å². The molecule has 1 saturated heterocycles. The van der Waals surface area contributed by atoms with Crippen LogP contribution in [0, 0.1) is 0 Å². The van der Waals surface area contributed by atoms with Gasteiger partial charge in [-0.3, -0.25) is 4.79 Å². The van der Waals surface area contributed by atoms with Gasteiger partial charge in [0.15, 0.2) is 0 Å². The molecule has 1 aromatic carbocycles. The smallest absolute Gasteiger partial charge is 0.380 e. The van der Waals surface area contributed by atoms with Gasteiger partial charge in [0.2, 0.25) is 5.82 Å². The predicted molar refractivity (Wildman–Crippen MR) is 76.1 cm³/mol. The summed E-state index contributed by atoms with van der Waals surface area (Å²) in [6, 6.07) is 6.05. The van der Waals surface area contributed by atoms with Crippen molar-refractivity contribution in [3.05, 3.63) is 35.7 Å². The Morgan fingerprint density at radius 3 is 2.54 bits per heavy atom. The van der Waals surface area contributed by atoms with Crippen LogP contribution in [-0.4, -0.2) is 47.3 Å². The molecule has 0 radical (unpaired) electrons. The summed E-state index contributed by atoms with van der Waals surface area (Å²) < 4.78 is 46.9. The first-order valence-electron chi connectivity index (χ1n) is 7.33. The average Bonchev–Trinajstić information content (AvgIpc) is 2.91. The highest BCUT2D eigenvalue weighted by atomic mass is 19.4. The van der Waals surface area contributed by atoms with Gasteiger partial charge in [-0.15, -0.1) is 0 Å². The number of hydrogen-bond donors (Lipinski definition) is 0. The number of rotatable bonds is 2. The van der Waals surface area contributed by atoms with Crippen molar-refractivity contribution in [2.24, 2.45) is 0 Å². The van der Waals surface area contributed by atoms with Crippen LogP contribution in [0.4, 0.5) is 13.2 Å². The molecule has 9 heteroatoms. The molecule has 128 valence electrons. The van der Waals surface area contributed by atoms with Crippen molar-refractivity contribution in [3.8, 4) is 11.4 Å². The van der Waals surface area contributed by atoms with E-state index in [-0.39, 0.29) is 11.7 Å². The molecule has 0 saturated carbocycles. The second kappa shape index (κ2) is 6.60. The van der Waals surface area contributed by atoms with Gasteiger partial charge in [-0.2, -0.15) is 18.2 Å². The van der Waals surface area contributed by atoms with Crippen molar-refractivity contribution in [2.75, 3.05) is 26.3 Å². The highest BCUT2D eigenvalue weighted by Gasteiger charge is 2.38. The largest absolute Gasteiger partial charge is 0.471 e. The van der Waals surface area contributed by atoms with Crippen LogP contribution in [0.25, 0.3) is 11.4 Å². The molecule has 3 rings (SSSR count). The fourth-order valence-corrected chi connectivity index (χ4v) is 2.35. The number of ether oxygens (including phenoxy) is 1. The van der Waals surface area contributed by atoms with E-state index in [0.717, 1.165) is 6.42 Å². The Morgan fingerprint density at radius 2 is 1.88 bits per heavy atom. The molecule has 1 aliphatic heterocycles. The zero-order chi connectivity index (χ0) is 17.2. The van der Waals surface area contributed by atoms with E-state index in [2.05, 4.69) is 14.7 Å². The molecule has 0 N–H and O–H groups in total. The van der Waals surface area contributed by atoms with Crippen molar-refractivity contribution in [3.63, 3.8) is 0 Å². The van der Waals surface area contributed by atoms with E-state index in [9.17, 15) is 18.0 Å². The molecule has 0 spiro atoms. The van der Waals surface area contributed by atoms with E-state index in [1.165, 1.54) is 24.3 Å². The van der Waals surface area contributed by atoms with Gasteiger partial charge in [0, 0.05) is 30.8 Å². The van der Waals surface area contributed by atoms with Gasteiger partial charge in [-0.05, 0) is 18.6 Å². The lowest BCUT2D eigenvalue weighted by molar-refractivity contribution is -0.159. The third-order valence-electron chi connectivity index (χ3n) is 3.57. The maximum atomic E-state index is 12.5. The van der Waals surface area contributed by atoms with Gasteiger partial charge in [0.1, 0.15) is 0 Å². The summed E-state index contributed by atoms with van der Waals surface area (Å²) in [6.45, 7) is 2.25. The fraction of sp³-hybridized carbons (Fsp3) is 0.400. The molecular weight excluding hydrogens is 327 g/mol. The number of hydrogen-bond acceptors (Lipinski definition) is 5. The molecule has 2 aromatic rings. The molecule has 24 heavy (non-hydrogen) atoms. The molecule has 0 unspecified atom stereocenters. The Morgan fingerprint density at radius 1 is 1.12 bits per heavy atom. The van der Waals surface area contributed by atoms with Crippen molar-refractivity contribution in [1.82, 2.24) is 15.0 Å². The Hall–Kier alpha value is -2.42. The number of aromatic nitrogens is 2. The average molecular weight is 341 g/mol. The second-order valence-electron chi connectivity index (χ2n) is 5.26. The van der Waals surface area contributed by atoms with Crippen LogP contribution in [0.5, 0.6) is 0 Å². The molecule has 0 bridgehead atoms. The monoisotopic (exact) mass is 341 g/mol. The van der Waals surface area contributed by atoms with Crippen LogP contribution in [0.2, 0.25) is 0 Å². The maximum absolute atomic E-state index is 12.5. The summed E-state index contributed by atoms with van der Waals surface area (Å²) in [4.78, 5) is 17.4. The fourth-order valence-electron chi connectivity index (χ4n) is 2.35. The first-order chi connectivity index (χ1) is 11.4. The summed E-state index contributed by atoms with van der Waals surface area (Å²) in [6.07, 6.45) is -3.91. The zero-order valence-electron chi connectivity index (χ0n) is 12.5. The van der Waals surface area contributed by atoms with Crippen LogP contribution in [0.3, 0.4) is 0 Å². The molecular formula is C15H14F3N3O3. The minimum Gasteiger partial charge on any atom is -0.380 e. The van der Waals surface area contributed by atoms with Crippen LogP contribution in [-0.2, 0) is 10.9 Å². The van der Waals surface area contributed by atoms with Gasteiger partial charge in [0.25, 0.3) is 5.91 Å². The van der Waals surface area contributed by atoms with Crippen molar-refractivity contribution >= 4 is 5.91 Å². The summed E-state index contributed by atoms with van der Waals surface area (Å²) in [5.41, 5.74) is 0.783. The highest BCUT2D eigenvalue weighted by molar-refractivity contribution is 5.94. The molecule has 0 atom stereocenters. The minimum absolute atomic E-state index is 0.142. The third kappa shape index (κ3) is 3.56. The first-order valence-corrected chi connectivity index (χ1v) is 7.33. The topological polar surface area (TPSA) is 68.5 Å². The van der Waals surface area contributed by atoms with Gasteiger partial charge in [0.05, 0.1) is 6.61 Å². The Balaban J connectivity index is 1.75. The third-order valence-corrected chi connectivity index (χ3v) is 3.57. The summed E-state index contributed by atoms with van der Waals surface area (Å²) >= 11 is 0. The van der Waals surface area contributed by atoms with Crippen LogP contribution >= 0.6 is 0 Å². The first kappa shape index (κ1) is 16.4. The minimum atomic E-state index is -4.68. The van der Waals surface area contributed by atoms with Gasteiger partial charge in [-0.1, -0.05) is 17.3 Å². The molecule has 0 aliphatic carbocycles. The van der Waals surface area contributed by atoms with E-state index < -0.39 is 12.1 Å². The maximum Gasteiger partial charge on any atom is 0.471 e. The lowest BCUT2D eigenvalue weighted by Gasteiger charge is -2.19. The highest BCUT2D eigenvalue weighted by Crippen LogP contribution is 2.29. The molecule has 1 fully saturated rings. The molecule has 1 amide bonds. The van der Waals surface area contributed by atoms with Gasteiger partial charge >= 0.3 is 12.1 Å². The van der Waals surface area contributed by atoms with Crippen LogP contribution in [0.15, 0.2) is 28.8 Å². The molecule has 1 aromatic heterocycles. The van der Waals surface area contributed by atoms with E-state index in [0.29, 0.717) is 37.4 Å². The molecule has 6 nitrogen and oxygen atoms in total. The van der Waals surface area contributed by atoms with E-state index in [1.807, 2.05) is 0 Å². The van der Waals surface area contributed by atoms with Gasteiger partial charge in [-0.25, -0.2) is 0 Å². The predicted octanol–water partition coefficient (Wildman–Crippen LogP) is 2.62. The second-order valence-corrected chi connectivity index (χ2v) is 5.26. The van der Waals surface area contributed by atoms with E-state index in [4.69, 9.17) is 4.74 Å². The number of carbonyl (C=O) groups excluding carboxylic acids is 1. The lowest BCUT2D eigenvalue weighted by atomic mass is 10.1. The number of benzene rings is 1. The van der Waals surface area contributed by atoms with Crippen molar-refractivity contribution in [2.45, 2.75) is 12.6 Å². The Kier molecular flexibility index (Phi) is 4.52. The normalized spacial score (nSPS) is 16.0. The number of nitrogens with zero attached hydrogens (tertiary/aromatic N) is 3. The SMILES string of the molecule is O=C(c1ccc(-c2noc(C(F)(F)F)n2)cc1)N1CCCOCC1. The van der Waals surface area contributed by atoms with Crippen molar-refractivity contribution < 1.29 is 27.2 Å². The van der Waals surface area contributed by atoms with Gasteiger partial charge < -0.3 is 14.2 Å². The van der Waals surface area contributed by atoms with E-state index in [1.54, 1.807) is 4.90 Å². The number of halogens is 3. The molecule has 1 aliphatic rings. The van der Waals surface area contributed by atoms with Crippen molar-refractivity contribution in [1.29, 1.82) is 0 Å². The Labute approximate surface area is 135 Å². The van der Waals surface area contributed by atoms with Crippen LogP contribution < -0.4 is 0 Å². The molecule has 2 heterocycles.